The molecule has 0 fully saturated rings. The van der Waals surface area contributed by atoms with Crippen LogP contribution in [0, 0.1) is 0 Å². The third-order valence-electron chi connectivity index (χ3n) is 3.37. The second-order valence-corrected chi connectivity index (χ2v) is 5.33. The summed E-state index contributed by atoms with van der Waals surface area (Å²) < 4.78 is 0. The summed E-state index contributed by atoms with van der Waals surface area (Å²) >= 11 is 0. The van der Waals surface area contributed by atoms with Gasteiger partial charge in [0.05, 0.1) is 0 Å². The molecule has 0 aliphatic carbocycles. The van der Waals surface area contributed by atoms with Gasteiger partial charge in [0, 0.05) is 17.3 Å². The highest BCUT2D eigenvalue weighted by molar-refractivity contribution is 6.04. The Morgan fingerprint density at radius 2 is 2.10 bits per heavy atom. The molecule has 0 bridgehead atoms. The number of carbonyl (C=O) groups is 1. The normalized spacial score (nSPS) is 10.9. The lowest BCUT2D eigenvalue weighted by atomic mass is 10.0. The molecule has 1 heterocycles. The van der Waals surface area contributed by atoms with Gasteiger partial charge in [-0.25, -0.2) is 0 Å². The fraction of sp³-hybridized carbons (Fsp3) is 0.375. The van der Waals surface area contributed by atoms with Crippen LogP contribution in [0.25, 0.3) is 0 Å². The van der Waals surface area contributed by atoms with Crippen molar-refractivity contribution in [1.29, 1.82) is 0 Å². The van der Waals surface area contributed by atoms with Gasteiger partial charge in [0.1, 0.15) is 0 Å². The molecule has 2 rings (SSSR count). The van der Waals surface area contributed by atoms with E-state index in [-0.39, 0.29) is 5.91 Å². The monoisotopic (exact) mass is 286 g/mol. The van der Waals surface area contributed by atoms with E-state index in [2.05, 4.69) is 34.7 Å². The smallest absolute Gasteiger partial charge is 0.257 e. The van der Waals surface area contributed by atoms with Crippen LogP contribution in [0.3, 0.4) is 0 Å². The van der Waals surface area contributed by atoms with E-state index in [1.165, 1.54) is 0 Å². The van der Waals surface area contributed by atoms with E-state index in [1.807, 2.05) is 37.4 Å². The van der Waals surface area contributed by atoms with Gasteiger partial charge in [0.2, 0.25) is 0 Å². The number of carbonyl (C=O) groups excluding carboxylic acids is 1. The number of nitrogens with one attached hydrogen (secondary N) is 3. The Hall–Kier alpha value is -2.14. The fourth-order valence-corrected chi connectivity index (χ4v) is 2.10. The van der Waals surface area contributed by atoms with E-state index in [0.29, 0.717) is 17.3 Å². The molecule has 0 aliphatic rings. The largest absolute Gasteiger partial charge is 0.319 e. The third kappa shape index (κ3) is 3.92. The molecule has 112 valence electrons. The van der Waals surface area contributed by atoms with Gasteiger partial charge in [-0.05, 0) is 37.6 Å². The lowest BCUT2D eigenvalue weighted by Gasteiger charge is -2.08. The molecule has 21 heavy (non-hydrogen) atoms. The Morgan fingerprint density at radius 3 is 2.76 bits per heavy atom. The van der Waals surface area contributed by atoms with Crippen LogP contribution in [0.4, 0.5) is 5.82 Å². The van der Waals surface area contributed by atoms with Crippen molar-refractivity contribution in [2.75, 3.05) is 18.9 Å². The molecular weight excluding hydrogens is 264 g/mol. The molecule has 0 saturated heterocycles. The molecule has 1 aromatic carbocycles. The van der Waals surface area contributed by atoms with Crippen LogP contribution in [0.15, 0.2) is 30.3 Å². The molecule has 0 aliphatic heterocycles. The van der Waals surface area contributed by atoms with E-state index in [4.69, 9.17) is 0 Å². The predicted molar refractivity (Wildman–Crippen MR) is 84.7 cm³/mol. The molecule has 0 radical (unpaired) electrons. The van der Waals surface area contributed by atoms with Crippen molar-refractivity contribution in [3.05, 3.63) is 47.2 Å². The van der Waals surface area contributed by atoms with Gasteiger partial charge in [-0.15, -0.1) is 0 Å². The molecule has 0 unspecified atom stereocenters. The van der Waals surface area contributed by atoms with Crippen molar-refractivity contribution in [3.63, 3.8) is 0 Å². The van der Waals surface area contributed by atoms with E-state index in [0.717, 1.165) is 24.2 Å². The zero-order valence-electron chi connectivity index (χ0n) is 12.7. The van der Waals surface area contributed by atoms with Gasteiger partial charge in [-0.2, -0.15) is 5.10 Å². The number of benzene rings is 1. The summed E-state index contributed by atoms with van der Waals surface area (Å²) in [6.45, 7) is 4.99. The zero-order valence-corrected chi connectivity index (χ0v) is 12.7. The molecule has 0 spiro atoms. The van der Waals surface area contributed by atoms with Crippen LogP contribution in [-0.2, 0) is 6.42 Å². The topological polar surface area (TPSA) is 69.8 Å². The fourth-order valence-electron chi connectivity index (χ4n) is 2.10. The second-order valence-electron chi connectivity index (χ2n) is 5.33. The van der Waals surface area contributed by atoms with Crippen molar-refractivity contribution in [2.45, 2.75) is 26.2 Å². The summed E-state index contributed by atoms with van der Waals surface area (Å²) in [4.78, 5) is 12.4. The van der Waals surface area contributed by atoms with Crippen molar-refractivity contribution in [1.82, 2.24) is 15.5 Å². The average molecular weight is 286 g/mol. The van der Waals surface area contributed by atoms with E-state index < -0.39 is 0 Å². The zero-order chi connectivity index (χ0) is 15.2. The summed E-state index contributed by atoms with van der Waals surface area (Å²) in [7, 11) is 1.90. The number of nitrogens with zero attached hydrogens (tertiary/aromatic N) is 1. The highest BCUT2D eigenvalue weighted by Gasteiger charge is 2.13. The third-order valence-corrected chi connectivity index (χ3v) is 3.37. The van der Waals surface area contributed by atoms with Gasteiger partial charge in [0.25, 0.3) is 5.91 Å². The van der Waals surface area contributed by atoms with Crippen LogP contribution in [0.2, 0.25) is 0 Å². The van der Waals surface area contributed by atoms with Gasteiger partial charge >= 0.3 is 0 Å². The first-order valence-electron chi connectivity index (χ1n) is 7.21. The first-order valence-corrected chi connectivity index (χ1v) is 7.21. The maximum atomic E-state index is 12.4. The number of likely N-dealkylation sites (N-methyl/N-ethyl adjacent to an activating group) is 1. The Labute approximate surface area is 125 Å². The van der Waals surface area contributed by atoms with Crippen molar-refractivity contribution in [3.8, 4) is 0 Å². The van der Waals surface area contributed by atoms with Crippen LogP contribution in [-0.4, -0.2) is 29.7 Å². The molecule has 0 atom stereocenters. The molecule has 1 amide bonds. The summed E-state index contributed by atoms with van der Waals surface area (Å²) in [5.41, 5.74) is 2.74. The highest BCUT2D eigenvalue weighted by Crippen LogP contribution is 2.16. The summed E-state index contributed by atoms with van der Waals surface area (Å²) in [5.74, 6) is 0.793. The number of aromatic nitrogens is 2. The summed E-state index contributed by atoms with van der Waals surface area (Å²) in [6.07, 6.45) is 0.817. The van der Waals surface area contributed by atoms with Crippen LogP contribution in [0.1, 0.15) is 41.4 Å². The number of amides is 1. The Morgan fingerprint density at radius 1 is 1.33 bits per heavy atom. The lowest BCUT2D eigenvalue weighted by molar-refractivity contribution is 0.102. The first-order chi connectivity index (χ1) is 10.1. The summed E-state index contributed by atoms with van der Waals surface area (Å²) in [6, 6.07) is 9.53. The van der Waals surface area contributed by atoms with Gasteiger partial charge in [-0.3, -0.25) is 9.89 Å². The van der Waals surface area contributed by atoms with Crippen molar-refractivity contribution < 1.29 is 4.79 Å². The molecule has 5 nitrogen and oxygen atoms in total. The molecule has 5 heteroatoms. The average Bonchev–Trinajstić information content (AvgIpc) is 2.94. The number of hydrogen-bond donors (Lipinski definition) is 3. The molecule has 1 aromatic heterocycles. The van der Waals surface area contributed by atoms with Gasteiger partial charge in [-0.1, -0.05) is 32.0 Å². The maximum absolute atomic E-state index is 12.4. The van der Waals surface area contributed by atoms with Crippen molar-refractivity contribution >= 4 is 11.7 Å². The molecular formula is C16H22N4O. The van der Waals surface area contributed by atoms with Crippen LogP contribution >= 0.6 is 0 Å². The summed E-state index contributed by atoms with van der Waals surface area (Å²) in [5, 5.41) is 13.0. The first kappa shape index (κ1) is 15.3. The number of anilines is 1. The van der Waals surface area contributed by atoms with Crippen LogP contribution in [0.5, 0.6) is 0 Å². The highest BCUT2D eigenvalue weighted by atomic mass is 16.1. The predicted octanol–water partition coefficient (Wildman–Crippen LogP) is 2.55. The molecule has 0 saturated carbocycles. The van der Waals surface area contributed by atoms with Crippen molar-refractivity contribution in [2.24, 2.45) is 0 Å². The second kappa shape index (κ2) is 7.04. The van der Waals surface area contributed by atoms with E-state index >= 15 is 0 Å². The minimum atomic E-state index is -0.122. The van der Waals surface area contributed by atoms with E-state index in [9.17, 15) is 4.79 Å². The molecule has 2 aromatic rings. The number of H-pyrrole nitrogens is 1. The standard InChI is InChI=1S/C16H22N4O/c1-11(2)14-10-15(20-19-14)18-16(21)13-7-5-4-6-12(13)8-9-17-3/h4-7,10-11,17H,8-9H2,1-3H3,(H2,18,19,20,21). The van der Waals surface area contributed by atoms with Crippen LogP contribution < -0.4 is 10.6 Å². The SMILES string of the molecule is CNCCc1ccccc1C(=O)Nc1cc(C(C)C)[nH]n1. The molecule has 3 N–H and O–H groups in total. The van der Waals surface area contributed by atoms with E-state index in [1.54, 1.807) is 0 Å². The van der Waals surface area contributed by atoms with Gasteiger partial charge < -0.3 is 10.6 Å². The number of hydrogen-bond acceptors (Lipinski definition) is 3. The quantitative estimate of drug-likeness (QED) is 0.764. The number of aromatic amines is 1. The minimum Gasteiger partial charge on any atom is -0.319 e. The minimum absolute atomic E-state index is 0.122. The maximum Gasteiger partial charge on any atom is 0.257 e. The Balaban J connectivity index is 2.12. The van der Waals surface area contributed by atoms with Gasteiger partial charge in [0.15, 0.2) is 5.82 Å². The Kier molecular flexibility index (Phi) is 5.11. The Bertz CT molecular complexity index is 604. The lowest BCUT2D eigenvalue weighted by Crippen LogP contribution is -2.17. The number of rotatable bonds is 6.